The number of likely N-dealkylation sites (N-methyl/N-ethyl adjacent to an activating group) is 1. The number of nitrogens with zero attached hydrogens (tertiary/aromatic N) is 5. The fourth-order valence-electron chi connectivity index (χ4n) is 3.73. The van der Waals surface area contributed by atoms with Gasteiger partial charge in [-0.2, -0.15) is 0 Å². The second-order valence-electron chi connectivity index (χ2n) is 7.01. The lowest BCUT2D eigenvalue weighted by atomic mass is 9.97. The van der Waals surface area contributed by atoms with E-state index in [1.165, 1.54) is 0 Å². The highest BCUT2D eigenvalue weighted by atomic mass is 16.2. The zero-order valence-electron chi connectivity index (χ0n) is 14.4. The van der Waals surface area contributed by atoms with E-state index in [-0.39, 0.29) is 5.91 Å². The number of piperidine rings is 1. The van der Waals surface area contributed by atoms with Crippen LogP contribution in [0.15, 0.2) is 12.4 Å². The summed E-state index contributed by atoms with van der Waals surface area (Å²) in [5.41, 5.74) is 0. The predicted molar refractivity (Wildman–Crippen MR) is 90.3 cm³/mol. The fraction of sp³-hybridized carbons (Fsp3) is 0.765. The molecule has 0 saturated carbocycles. The summed E-state index contributed by atoms with van der Waals surface area (Å²) < 4.78 is 2.09. The third-order valence-electron chi connectivity index (χ3n) is 5.17. The first-order valence-corrected chi connectivity index (χ1v) is 8.79. The van der Waals surface area contributed by atoms with Crippen LogP contribution in [0.1, 0.15) is 31.0 Å². The minimum atomic E-state index is 0.286. The van der Waals surface area contributed by atoms with Crippen molar-refractivity contribution in [1.82, 2.24) is 24.3 Å². The van der Waals surface area contributed by atoms with E-state index in [4.69, 9.17) is 0 Å². The average molecular weight is 319 g/mol. The minimum absolute atomic E-state index is 0.286. The highest BCUT2D eigenvalue weighted by Crippen LogP contribution is 2.25. The van der Waals surface area contributed by atoms with Crippen molar-refractivity contribution < 1.29 is 4.79 Å². The van der Waals surface area contributed by atoms with Crippen molar-refractivity contribution >= 4 is 5.91 Å². The molecule has 3 heterocycles. The van der Waals surface area contributed by atoms with E-state index in [2.05, 4.69) is 31.3 Å². The Bertz CT molecular complexity index is 529. The van der Waals surface area contributed by atoms with E-state index in [0.29, 0.717) is 12.5 Å². The largest absolute Gasteiger partial charge is 0.341 e. The van der Waals surface area contributed by atoms with E-state index < -0.39 is 0 Å². The first-order valence-electron chi connectivity index (χ1n) is 8.79. The van der Waals surface area contributed by atoms with Gasteiger partial charge in [0.2, 0.25) is 5.91 Å². The van der Waals surface area contributed by atoms with Gasteiger partial charge in [-0.15, -0.1) is 0 Å². The maximum atomic E-state index is 12.7. The van der Waals surface area contributed by atoms with Crippen molar-refractivity contribution in [1.29, 1.82) is 0 Å². The molecule has 6 nitrogen and oxygen atoms in total. The molecule has 1 aromatic rings. The number of amides is 1. The summed E-state index contributed by atoms with van der Waals surface area (Å²) in [6.07, 6.45) is 7.20. The maximum Gasteiger partial charge on any atom is 0.236 e. The molecule has 1 amide bonds. The Labute approximate surface area is 139 Å². The van der Waals surface area contributed by atoms with E-state index in [1.807, 2.05) is 19.4 Å². The summed E-state index contributed by atoms with van der Waals surface area (Å²) in [4.78, 5) is 23.9. The predicted octanol–water partition coefficient (Wildman–Crippen LogP) is 0.764. The highest BCUT2D eigenvalue weighted by Gasteiger charge is 2.28. The van der Waals surface area contributed by atoms with Gasteiger partial charge in [0.15, 0.2) is 0 Å². The lowest BCUT2D eigenvalue weighted by molar-refractivity contribution is -0.133. The molecule has 0 aliphatic carbocycles. The molecule has 0 radical (unpaired) electrons. The lowest BCUT2D eigenvalue weighted by Crippen LogP contribution is -2.45. The number of hydrogen-bond donors (Lipinski definition) is 0. The summed E-state index contributed by atoms with van der Waals surface area (Å²) in [6, 6.07) is 0. The fourth-order valence-corrected chi connectivity index (χ4v) is 3.73. The van der Waals surface area contributed by atoms with Crippen molar-refractivity contribution in [3.63, 3.8) is 0 Å². The van der Waals surface area contributed by atoms with Crippen molar-refractivity contribution in [3.05, 3.63) is 18.2 Å². The molecule has 0 N–H and O–H groups in total. The zero-order valence-corrected chi connectivity index (χ0v) is 14.4. The number of hydrogen-bond acceptors (Lipinski definition) is 4. The third-order valence-corrected chi connectivity index (χ3v) is 5.17. The van der Waals surface area contributed by atoms with Gasteiger partial charge in [-0.25, -0.2) is 4.98 Å². The molecule has 128 valence electrons. The Kier molecular flexibility index (Phi) is 5.33. The molecule has 2 aliphatic heterocycles. The third kappa shape index (κ3) is 4.12. The lowest BCUT2D eigenvalue weighted by Gasteiger charge is -2.34. The van der Waals surface area contributed by atoms with Gasteiger partial charge in [0.25, 0.3) is 0 Å². The molecule has 23 heavy (non-hydrogen) atoms. The van der Waals surface area contributed by atoms with Gasteiger partial charge >= 0.3 is 0 Å². The van der Waals surface area contributed by atoms with Crippen LogP contribution >= 0.6 is 0 Å². The molecule has 2 aliphatic rings. The minimum Gasteiger partial charge on any atom is -0.341 e. The number of aromatic nitrogens is 2. The van der Waals surface area contributed by atoms with Crippen LogP contribution in [0.5, 0.6) is 0 Å². The second kappa shape index (κ2) is 7.45. The SMILES string of the molecule is CN1CCCN(CC(=O)N2CCC[C@@H](c3nccn3C)C2)CC1. The number of imidazole rings is 1. The van der Waals surface area contributed by atoms with Gasteiger partial charge in [0.1, 0.15) is 5.82 Å². The summed E-state index contributed by atoms with van der Waals surface area (Å²) >= 11 is 0. The molecule has 0 unspecified atom stereocenters. The van der Waals surface area contributed by atoms with Crippen LogP contribution in [0.25, 0.3) is 0 Å². The summed E-state index contributed by atoms with van der Waals surface area (Å²) in [5.74, 6) is 1.77. The molecule has 1 atom stereocenters. The molecule has 2 fully saturated rings. The van der Waals surface area contributed by atoms with Crippen LogP contribution in [0, 0.1) is 0 Å². The molecule has 0 spiro atoms. The molecular formula is C17H29N5O. The second-order valence-corrected chi connectivity index (χ2v) is 7.01. The Morgan fingerprint density at radius 2 is 2.04 bits per heavy atom. The van der Waals surface area contributed by atoms with E-state index in [9.17, 15) is 4.79 Å². The van der Waals surface area contributed by atoms with Crippen LogP contribution in [-0.4, -0.2) is 83.0 Å². The van der Waals surface area contributed by atoms with Gasteiger partial charge in [0.05, 0.1) is 6.54 Å². The van der Waals surface area contributed by atoms with Gasteiger partial charge < -0.3 is 14.4 Å². The van der Waals surface area contributed by atoms with Crippen LogP contribution < -0.4 is 0 Å². The molecule has 0 bridgehead atoms. The van der Waals surface area contributed by atoms with E-state index >= 15 is 0 Å². The van der Waals surface area contributed by atoms with Crippen LogP contribution in [0.2, 0.25) is 0 Å². The molecule has 2 saturated heterocycles. The van der Waals surface area contributed by atoms with Crippen molar-refractivity contribution in [3.8, 4) is 0 Å². The van der Waals surface area contributed by atoms with Crippen LogP contribution in [0.4, 0.5) is 0 Å². The normalized spacial score (nSPS) is 24.6. The van der Waals surface area contributed by atoms with Crippen molar-refractivity contribution in [2.75, 3.05) is 52.9 Å². The highest BCUT2D eigenvalue weighted by molar-refractivity contribution is 5.78. The summed E-state index contributed by atoms with van der Waals surface area (Å²) in [5, 5.41) is 0. The molecule has 1 aromatic heterocycles. The zero-order chi connectivity index (χ0) is 16.2. The summed E-state index contributed by atoms with van der Waals surface area (Å²) in [7, 11) is 4.20. The molecular weight excluding hydrogens is 290 g/mol. The van der Waals surface area contributed by atoms with E-state index in [1.54, 1.807) is 0 Å². The number of carbonyl (C=O) groups is 1. The van der Waals surface area contributed by atoms with Crippen LogP contribution in [-0.2, 0) is 11.8 Å². The van der Waals surface area contributed by atoms with Crippen molar-refractivity contribution in [2.45, 2.75) is 25.2 Å². The van der Waals surface area contributed by atoms with Gasteiger partial charge in [-0.1, -0.05) is 0 Å². The number of rotatable bonds is 3. The smallest absolute Gasteiger partial charge is 0.236 e. The Balaban J connectivity index is 1.55. The average Bonchev–Trinajstić information content (AvgIpc) is 2.88. The first kappa shape index (κ1) is 16.5. The number of likely N-dealkylation sites (tertiary alicyclic amines) is 1. The van der Waals surface area contributed by atoms with Crippen LogP contribution in [0.3, 0.4) is 0 Å². The monoisotopic (exact) mass is 319 g/mol. The molecule has 3 rings (SSSR count). The molecule has 6 heteroatoms. The number of aryl methyl sites for hydroxylation is 1. The van der Waals surface area contributed by atoms with Gasteiger partial charge in [-0.05, 0) is 39.4 Å². The Hall–Kier alpha value is -1.40. The first-order chi connectivity index (χ1) is 11.1. The Morgan fingerprint density at radius 1 is 1.17 bits per heavy atom. The topological polar surface area (TPSA) is 44.6 Å². The quantitative estimate of drug-likeness (QED) is 0.825. The Morgan fingerprint density at radius 3 is 2.83 bits per heavy atom. The van der Waals surface area contributed by atoms with Gasteiger partial charge in [0, 0.05) is 51.5 Å². The van der Waals surface area contributed by atoms with Gasteiger partial charge in [-0.3, -0.25) is 9.69 Å². The number of carbonyl (C=O) groups excluding carboxylic acids is 1. The van der Waals surface area contributed by atoms with E-state index in [0.717, 1.165) is 64.4 Å². The standard InChI is InChI=1S/C17H29N5O/c1-19-7-4-8-21(12-11-19)14-16(23)22-9-3-5-15(13-22)17-18-6-10-20(17)2/h6,10,15H,3-5,7-9,11-14H2,1-2H3/t15-/m1/s1. The molecule has 0 aromatic carbocycles. The summed E-state index contributed by atoms with van der Waals surface area (Å²) in [6.45, 7) is 6.51. The van der Waals surface area contributed by atoms with Crippen molar-refractivity contribution in [2.24, 2.45) is 7.05 Å². The maximum absolute atomic E-state index is 12.7.